The Bertz CT molecular complexity index is 659. The average molecular weight is 342 g/mol. The van der Waals surface area contributed by atoms with Crippen LogP contribution in [0.3, 0.4) is 0 Å². The fourth-order valence-electron chi connectivity index (χ4n) is 2.67. The van der Waals surface area contributed by atoms with Crippen LogP contribution in [-0.2, 0) is 21.2 Å². The first-order chi connectivity index (χ1) is 10.3. The molecule has 0 unspecified atom stereocenters. The van der Waals surface area contributed by atoms with E-state index in [4.69, 9.17) is 0 Å². The maximum Gasteiger partial charge on any atom is 0.240 e. The number of hydrogen-bond acceptors (Lipinski definition) is 4. The zero-order chi connectivity index (χ0) is 16.3. The molecular formula is C15H22N2O3S2. The van der Waals surface area contributed by atoms with Gasteiger partial charge in [-0.15, -0.1) is 0 Å². The number of carbonyl (C=O) groups is 1. The molecule has 1 atom stereocenters. The standard InChI is InChI=1S/C15H22N2O3S2/c1-11(10-21-3)16-22(19,20)14-7-6-13-5-4-8-17(12(2)18)15(13)9-14/h6-7,9,11,16H,4-5,8,10H2,1-3H3/t11-/m1/s1. The lowest BCUT2D eigenvalue weighted by atomic mass is 10.0. The molecule has 1 amide bonds. The van der Waals surface area contributed by atoms with Crippen LogP contribution in [0.4, 0.5) is 5.69 Å². The molecule has 1 aromatic rings. The van der Waals surface area contributed by atoms with Crippen molar-refractivity contribution in [2.75, 3.05) is 23.5 Å². The number of thioether (sulfide) groups is 1. The van der Waals surface area contributed by atoms with Crippen LogP contribution in [-0.4, -0.2) is 38.9 Å². The predicted molar refractivity (Wildman–Crippen MR) is 91.0 cm³/mol. The van der Waals surface area contributed by atoms with Gasteiger partial charge in [-0.3, -0.25) is 4.79 Å². The highest BCUT2D eigenvalue weighted by atomic mass is 32.2. The number of rotatable bonds is 5. The van der Waals surface area contributed by atoms with E-state index in [0.29, 0.717) is 12.3 Å². The van der Waals surface area contributed by atoms with E-state index in [-0.39, 0.29) is 16.8 Å². The Hall–Kier alpha value is -1.05. The third-order valence-corrected chi connectivity index (χ3v) is 6.06. The monoisotopic (exact) mass is 342 g/mol. The number of benzene rings is 1. The molecule has 0 aliphatic carbocycles. The van der Waals surface area contributed by atoms with Crippen molar-refractivity contribution < 1.29 is 13.2 Å². The molecule has 1 aliphatic heterocycles. The first-order valence-electron chi connectivity index (χ1n) is 7.27. The molecule has 2 rings (SSSR count). The summed E-state index contributed by atoms with van der Waals surface area (Å²) in [6.45, 7) is 3.99. The van der Waals surface area contributed by atoms with Crippen molar-refractivity contribution in [3.05, 3.63) is 23.8 Å². The van der Waals surface area contributed by atoms with Crippen molar-refractivity contribution in [2.24, 2.45) is 0 Å². The Balaban J connectivity index is 2.33. The molecule has 7 heteroatoms. The molecule has 1 aromatic carbocycles. The van der Waals surface area contributed by atoms with Crippen LogP contribution >= 0.6 is 11.8 Å². The number of amides is 1. The number of nitrogens with one attached hydrogen (secondary N) is 1. The summed E-state index contributed by atoms with van der Waals surface area (Å²) in [7, 11) is -3.57. The summed E-state index contributed by atoms with van der Waals surface area (Å²) in [5.41, 5.74) is 1.75. The van der Waals surface area contributed by atoms with Gasteiger partial charge in [0.05, 0.1) is 4.90 Å². The van der Waals surface area contributed by atoms with E-state index >= 15 is 0 Å². The van der Waals surface area contributed by atoms with Crippen LogP contribution in [0.25, 0.3) is 0 Å². The quantitative estimate of drug-likeness (QED) is 0.889. The number of sulfonamides is 1. The minimum Gasteiger partial charge on any atom is -0.312 e. The number of anilines is 1. The van der Waals surface area contributed by atoms with Crippen molar-refractivity contribution in [1.29, 1.82) is 0 Å². The number of carbonyl (C=O) groups excluding carboxylic acids is 1. The lowest BCUT2D eigenvalue weighted by Crippen LogP contribution is -2.36. The number of hydrogen-bond donors (Lipinski definition) is 1. The first-order valence-corrected chi connectivity index (χ1v) is 10.1. The summed E-state index contributed by atoms with van der Waals surface area (Å²) >= 11 is 1.59. The van der Waals surface area contributed by atoms with Gasteiger partial charge in [-0.1, -0.05) is 6.07 Å². The molecule has 0 saturated heterocycles. The van der Waals surface area contributed by atoms with Gasteiger partial charge in [-0.05, 0) is 43.7 Å². The number of fused-ring (bicyclic) bond motifs is 1. The Kier molecular flexibility index (Phi) is 5.52. The molecule has 0 spiro atoms. The van der Waals surface area contributed by atoms with E-state index in [1.165, 1.54) is 6.92 Å². The Morgan fingerprint density at radius 2 is 2.18 bits per heavy atom. The van der Waals surface area contributed by atoms with Gasteiger partial charge >= 0.3 is 0 Å². The summed E-state index contributed by atoms with van der Waals surface area (Å²) in [5, 5.41) is 0. The largest absolute Gasteiger partial charge is 0.312 e. The minimum absolute atomic E-state index is 0.0563. The summed E-state index contributed by atoms with van der Waals surface area (Å²) in [4.78, 5) is 13.6. The summed E-state index contributed by atoms with van der Waals surface area (Å²) in [6, 6.07) is 4.92. The third kappa shape index (κ3) is 3.83. The normalized spacial score (nSPS) is 16.2. The molecule has 22 heavy (non-hydrogen) atoms. The SMILES string of the molecule is CSC[C@@H](C)NS(=O)(=O)c1ccc2c(c1)N(C(C)=O)CCC2. The molecule has 0 fully saturated rings. The van der Waals surface area contributed by atoms with Gasteiger partial charge < -0.3 is 4.90 Å². The lowest BCUT2D eigenvalue weighted by Gasteiger charge is -2.29. The third-order valence-electron chi connectivity index (χ3n) is 3.64. The highest BCUT2D eigenvalue weighted by Crippen LogP contribution is 2.29. The molecule has 0 aromatic heterocycles. The van der Waals surface area contributed by atoms with E-state index in [1.54, 1.807) is 28.8 Å². The zero-order valence-electron chi connectivity index (χ0n) is 13.1. The lowest BCUT2D eigenvalue weighted by molar-refractivity contribution is -0.116. The molecular weight excluding hydrogens is 320 g/mol. The highest BCUT2D eigenvalue weighted by Gasteiger charge is 2.24. The highest BCUT2D eigenvalue weighted by molar-refractivity contribution is 7.98. The van der Waals surface area contributed by atoms with Crippen LogP contribution in [0.2, 0.25) is 0 Å². The molecule has 0 saturated carbocycles. The minimum atomic E-state index is -3.57. The molecule has 1 N–H and O–H groups in total. The molecule has 0 bridgehead atoms. The van der Waals surface area contributed by atoms with Gasteiger partial charge in [-0.25, -0.2) is 13.1 Å². The summed E-state index contributed by atoms with van der Waals surface area (Å²) in [5.74, 6) is 0.656. The smallest absolute Gasteiger partial charge is 0.240 e. The molecule has 5 nitrogen and oxygen atoms in total. The van der Waals surface area contributed by atoms with Gasteiger partial charge in [0.15, 0.2) is 0 Å². The predicted octanol–water partition coefficient (Wildman–Crippen LogP) is 2.02. The van der Waals surface area contributed by atoms with E-state index < -0.39 is 10.0 Å². The summed E-state index contributed by atoms with van der Waals surface area (Å²) in [6.07, 6.45) is 3.71. The van der Waals surface area contributed by atoms with Gasteiger partial charge in [0, 0.05) is 31.0 Å². The molecule has 0 radical (unpaired) electrons. The first kappa shape index (κ1) is 17.3. The Morgan fingerprint density at radius 1 is 1.45 bits per heavy atom. The second-order valence-corrected chi connectivity index (χ2v) is 8.17. The van der Waals surface area contributed by atoms with Crippen molar-refractivity contribution in [3.8, 4) is 0 Å². The van der Waals surface area contributed by atoms with Crippen molar-refractivity contribution >= 4 is 33.4 Å². The van der Waals surface area contributed by atoms with E-state index in [0.717, 1.165) is 24.1 Å². The fourth-order valence-corrected chi connectivity index (χ4v) is 4.62. The van der Waals surface area contributed by atoms with Crippen molar-refractivity contribution in [2.45, 2.75) is 37.6 Å². The molecule has 1 aliphatic rings. The summed E-state index contributed by atoms with van der Waals surface area (Å²) < 4.78 is 27.6. The van der Waals surface area contributed by atoms with Crippen molar-refractivity contribution in [3.63, 3.8) is 0 Å². The van der Waals surface area contributed by atoms with Crippen molar-refractivity contribution in [1.82, 2.24) is 4.72 Å². The maximum absolute atomic E-state index is 12.5. The van der Waals surface area contributed by atoms with Gasteiger partial charge in [0.2, 0.25) is 15.9 Å². The van der Waals surface area contributed by atoms with Crippen LogP contribution in [0.1, 0.15) is 25.8 Å². The molecule has 122 valence electrons. The molecule has 1 heterocycles. The topological polar surface area (TPSA) is 66.5 Å². The Labute approximate surface area is 136 Å². The van der Waals surface area contributed by atoms with Gasteiger partial charge in [0.25, 0.3) is 0 Å². The van der Waals surface area contributed by atoms with Gasteiger partial charge in [0.1, 0.15) is 0 Å². The van der Waals surface area contributed by atoms with E-state index in [2.05, 4.69) is 4.72 Å². The second-order valence-electron chi connectivity index (χ2n) is 5.54. The van der Waals surface area contributed by atoms with Gasteiger partial charge in [-0.2, -0.15) is 11.8 Å². The second kappa shape index (κ2) is 7.02. The zero-order valence-corrected chi connectivity index (χ0v) is 14.8. The van der Waals surface area contributed by atoms with Crippen LogP contribution < -0.4 is 9.62 Å². The van der Waals surface area contributed by atoms with E-state index in [1.807, 2.05) is 19.2 Å². The van der Waals surface area contributed by atoms with Crippen LogP contribution in [0.5, 0.6) is 0 Å². The number of nitrogens with zero attached hydrogens (tertiary/aromatic N) is 1. The van der Waals surface area contributed by atoms with Crippen LogP contribution in [0, 0.1) is 0 Å². The Morgan fingerprint density at radius 3 is 2.82 bits per heavy atom. The van der Waals surface area contributed by atoms with E-state index in [9.17, 15) is 13.2 Å². The number of aryl methyl sites for hydroxylation is 1. The average Bonchev–Trinajstić information content (AvgIpc) is 2.45. The van der Waals surface area contributed by atoms with Crippen LogP contribution in [0.15, 0.2) is 23.1 Å². The fraction of sp³-hybridized carbons (Fsp3) is 0.533. The maximum atomic E-state index is 12.5.